The van der Waals surface area contributed by atoms with Gasteiger partial charge in [-0.2, -0.15) is 0 Å². The number of hydrogen-bond donors (Lipinski definition) is 2. The first-order chi connectivity index (χ1) is 7.66. The molecule has 2 fully saturated rings. The number of rotatable bonds is 7. The molecule has 16 heavy (non-hydrogen) atoms. The Hall–Kier alpha value is -0.610. The molecule has 2 N–H and O–H groups in total. The van der Waals surface area contributed by atoms with E-state index in [4.69, 9.17) is 4.74 Å². The van der Waals surface area contributed by atoms with Gasteiger partial charge < -0.3 is 15.2 Å². The lowest BCUT2D eigenvalue weighted by atomic mass is 10.3. The second-order valence-electron chi connectivity index (χ2n) is 5.20. The molecular weight excluding hydrogens is 206 g/mol. The smallest absolute Gasteiger partial charge is 0.223 e. The molecule has 0 spiro atoms. The number of hydrogen-bond acceptors (Lipinski definition) is 3. The number of amides is 1. The van der Waals surface area contributed by atoms with Crippen LogP contribution in [0.25, 0.3) is 0 Å². The molecule has 0 heterocycles. The zero-order valence-electron chi connectivity index (χ0n) is 9.82. The van der Waals surface area contributed by atoms with Crippen LogP contribution in [0.2, 0.25) is 0 Å². The van der Waals surface area contributed by atoms with Gasteiger partial charge in [0.25, 0.3) is 0 Å². The molecule has 2 aliphatic rings. The molecule has 4 heteroatoms. The SMILES string of the molecule is CC1CC1C(=O)NCC(O)COCC1CC1. The summed E-state index contributed by atoms with van der Waals surface area (Å²) in [6, 6.07) is 0. The van der Waals surface area contributed by atoms with E-state index in [1.54, 1.807) is 0 Å². The van der Waals surface area contributed by atoms with Crippen molar-refractivity contribution in [1.29, 1.82) is 0 Å². The fraction of sp³-hybridized carbons (Fsp3) is 0.917. The highest BCUT2D eigenvalue weighted by Crippen LogP contribution is 2.37. The number of aliphatic hydroxyl groups is 1. The van der Waals surface area contributed by atoms with Crippen molar-refractivity contribution in [1.82, 2.24) is 5.32 Å². The second-order valence-corrected chi connectivity index (χ2v) is 5.20. The topological polar surface area (TPSA) is 58.6 Å². The van der Waals surface area contributed by atoms with Crippen LogP contribution in [0.5, 0.6) is 0 Å². The van der Waals surface area contributed by atoms with E-state index in [0.717, 1.165) is 13.0 Å². The molecule has 2 saturated carbocycles. The highest BCUT2D eigenvalue weighted by atomic mass is 16.5. The van der Waals surface area contributed by atoms with Crippen LogP contribution >= 0.6 is 0 Å². The molecule has 3 unspecified atom stereocenters. The Morgan fingerprint density at radius 3 is 2.81 bits per heavy atom. The Morgan fingerprint density at radius 2 is 2.25 bits per heavy atom. The van der Waals surface area contributed by atoms with Crippen molar-refractivity contribution >= 4 is 5.91 Å². The van der Waals surface area contributed by atoms with Crippen LogP contribution in [0.1, 0.15) is 26.2 Å². The number of carbonyl (C=O) groups is 1. The molecule has 2 rings (SSSR count). The summed E-state index contributed by atoms with van der Waals surface area (Å²) in [5, 5.41) is 12.3. The minimum Gasteiger partial charge on any atom is -0.389 e. The summed E-state index contributed by atoms with van der Waals surface area (Å²) < 4.78 is 5.35. The van der Waals surface area contributed by atoms with Crippen molar-refractivity contribution < 1.29 is 14.6 Å². The molecular formula is C12H21NO3. The van der Waals surface area contributed by atoms with Crippen LogP contribution in [0.3, 0.4) is 0 Å². The van der Waals surface area contributed by atoms with Gasteiger partial charge >= 0.3 is 0 Å². The van der Waals surface area contributed by atoms with Crippen LogP contribution < -0.4 is 5.32 Å². The standard InChI is InChI=1S/C12H21NO3/c1-8-4-11(8)12(15)13-5-10(14)7-16-6-9-2-3-9/h8-11,14H,2-7H2,1H3,(H,13,15). The van der Waals surface area contributed by atoms with Crippen molar-refractivity contribution in [3.05, 3.63) is 0 Å². The quantitative estimate of drug-likeness (QED) is 0.667. The average molecular weight is 227 g/mol. The fourth-order valence-electron chi connectivity index (χ4n) is 1.75. The zero-order valence-corrected chi connectivity index (χ0v) is 9.82. The Bertz CT molecular complexity index is 253. The third-order valence-corrected chi connectivity index (χ3v) is 3.32. The minimum atomic E-state index is -0.572. The lowest BCUT2D eigenvalue weighted by Gasteiger charge is -2.12. The van der Waals surface area contributed by atoms with E-state index in [0.29, 0.717) is 25.0 Å². The van der Waals surface area contributed by atoms with Crippen LogP contribution in [-0.4, -0.2) is 36.9 Å². The molecule has 92 valence electrons. The van der Waals surface area contributed by atoms with Crippen LogP contribution in [0.15, 0.2) is 0 Å². The summed E-state index contributed by atoms with van der Waals surface area (Å²) in [6.45, 7) is 3.47. The van der Waals surface area contributed by atoms with Gasteiger partial charge in [-0.3, -0.25) is 4.79 Å². The summed E-state index contributed by atoms with van der Waals surface area (Å²) in [6.07, 6.45) is 2.93. The van der Waals surface area contributed by atoms with Gasteiger partial charge in [-0.05, 0) is 31.1 Å². The van der Waals surface area contributed by atoms with Gasteiger partial charge in [0.05, 0.1) is 12.7 Å². The van der Waals surface area contributed by atoms with Gasteiger partial charge in [0.15, 0.2) is 0 Å². The first-order valence-corrected chi connectivity index (χ1v) is 6.20. The maximum atomic E-state index is 11.4. The number of aliphatic hydroxyl groups excluding tert-OH is 1. The van der Waals surface area contributed by atoms with Crippen molar-refractivity contribution in [2.75, 3.05) is 19.8 Å². The van der Waals surface area contributed by atoms with E-state index >= 15 is 0 Å². The largest absolute Gasteiger partial charge is 0.389 e. The van der Waals surface area contributed by atoms with Gasteiger partial charge in [-0.15, -0.1) is 0 Å². The molecule has 3 atom stereocenters. The Morgan fingerprint density at radius 1 is 1.56 bits per heavy atom. The predicted molar refractivity (Wildman–Crippen MR) is 59.8 cm³/mol. The molecule has 0 aromatic rings. The molecule has 0 bridgehead atoms. The third-order valence-electron chi connectivity index (χ3n) is 3.32. The minimum absolute atomic E-state index is 0.0775. The summed E-state index contributed by atoms with van der Waals surface area (Å²) in [5.74, 6) is 1.49. The first kappa shape index (κ1) is 11.9. The normalized spacial score (nSPS) is 29.9. The van der Waals surface area contributed by atoms with E-state index in [1.807, 2.05) is 0 Å². The zero-order chi connectivity index (χ0) is 11.5. The molecule has 1 amide bonds. The Balaban J connectivity index is 1.49. The monoisotopic (exact) mass is 227 g/mol. The molecule has 0 aromatic heterocycles. The summed E-state index contributed by atoms with van der Waals surface area (Å²) in [5.41, 5.74) is 0. The average Bonchev–Trinajstić information content (AvgIpc) is 3.12. The van der Waals surface area contributed by atoms with Crippen LogP contribution in [0, 0.1) is 17.8 Å². The second kappa shape index (κ2) is 5.15. The number of ether oxygens (including phenoxy) is 1. The van der Waals surface area contributed by atoms with Crippen LogP contribution in [0.4, 0.5) is 0 Å². The molecule has 2 aliphatic carbocycles. The van der Waals surface area contributed by atoms with Gasteiger partial charge in [-0.25, -0.2) is 0 Å². The summed E-state index contributed by atoms with van der Waals surface area (Å²) >= 11 is 0. The van der Waals surface area contributed by atoms with E-state index in [2.05, 4.69) is 12.2 Å². The van der Waals surface area contributed by atoms with E-state index in [9.17, 15) is 9.90 Å². The van der Waals surface area contributed by atoms with Gasteiger partial charge in [0.2, 0.25) is 5.91 Å². The number of nitrogens with one attached hydrogen (secondary N) is 1. The van der Waals surface area contributed by atoms with Gasteiger partial charge in [-0.1, -0.05) is 6.92 Å². The third kappa shape index (κ3) is 3.76. The van der Waals surface area contributed by atoms with E-state index < -0.39 is 6.10 Å². The fourth-order valence-corrected chi connectivity index (χ4v) is 1.75. The maximum absolute atomic E-state index is 11.4. The van der Waals surface area contributed by atoms with E-state index in [-0.39, 0.29) is 11.8 Å². The van der Waals surface area contributed by atoms with Gasteiger partial charge in [0.1, 0.15) is 0 Å². The summed E-state index contributed by atoms with van der Waals surface area (Å²) in [7, 11) is 0. The first-order valence-electron chi connectivity index (χ1n) is 6.20. The lowest BCUT2D eigenvalue weighted by molar-refractivity contribution is -0.123. The Labute approximate surface area is 96.4 Å². The molecule has 4 nitrogen and oxygen atoms in total. The predicted octanol–water partition coefficient (Wildman–Crippen LogP) is 0.546. The van der Waals surface area contributed by atoms with Crippen molar-refractivity contribution in [2.45, 2.75) is 32.3 Å². The highest BCUT2D eigenvalue weighted by Gasteiger charge is 2.38. The highest BCUT2D eigenvalue weighted by molar-refractivity contribution is 5.81. The summed E-state index contributed by atoms with van der Waals surface area (Å²) in [4.78, 5) is 11.4. The maximum Gasteiger partial charge on any atom is 0.223 e. The van der Waals surface area contributed by atoms with Gasteiger partial charge in [0, 0.05) is 19.1 Å². The van der Waals surface area contributed by atoms with Crippen molar-refractivity contribution in [3.63, 3.8) is 0 Å². The molecule has 0 radical (unpaired) electrons. The Kier molecular flexibility index (Phi) is 3.82. The van der Waals surface area contributed by atoms with Crippen molar-refractivity contribution in [3.8, 4) is 0 Å². The molecule has 0 aromatic carbocycles. The lowest BCUT2D eigenvalue weighted by Crippen LogP contribution is -2.35. The van der Waals surface area contributed by atoms with Crippen molar-refractivity contribution in [2.24, 2.45) is 17.8 Å². The van der Waals surface area contributed by atoms with Crippen LogP contribution in [-0.2, 0) is 9.53 Å². The number of carbonyl (C=O) groups excluding carboxylic acids is 1. The van der Waals surface area contributed by atoms with E-state index in [1.165, 1.54) is 12.8 Å². The molecule has 0 aliphatic heterocycles. The molecule has 0 saturated heterocycles.